The summed E-state index contributed by atoms with van der Waals surface area (Å²) in [7, 11) is 0. The van der Waals surface area contributed by atoms with Gasteiger partial charge in [0, 0.05) is 51.5 Å². The maximum atomic E-state index is 13.1. The van der Waals surface area contributed by atoms with Gasteiger partial charge in [0.2, 0.25) is 5.91 Å². The molecule has 1 N–H and O–H groups in total. The van der Waals surface area contributed by atoms with Gasteiger partial charge in [-0.05, 0) is 37.7 Å². The number of piperazine rings is 1. The Bertz CT molecular complexity index is 769. The maximum absolute atomic E-state index is 13.1. The SMILES string of the molecule is CSCC(=O)N1CCc2c(c[nH]c(=O)c2C(=O)N2CCN(C(C)C)CC2)C1. The molecule has 1 aromatic heterocycles. The molecule has 0 bridgehead atoms. The average molecular weight is 393 g/mol. The Morgan fingerprint density at radius 1 is 1.15 bits per heavy atom. The highest BCUT2D eigenvalue weighted by atomic mass is 32.2. The van der Waals surface area contributed by atoms with Crippen LogP contribution >= 0.6 is 11.8 Å². The van der Waals surface area contributed by atoms with Crippen LogP contribution in [-0.4, -0.2) is 82.3 Å². The summed E-state index contributed by atoms with van der Waals surface area (Å²) in [6.07, 6.45) is 4.11. The van der Waals surface area contributed by atoms with E-state index in [1.807, 2.05) is 6.26 Å². The van der Waals surface area contributed by atoms with Crippen LogP contribution in [0.1, 0.15) is 35.3 Å². The molecule has 1 fully saturated rings. The van der Waals surface area contributed by atoms with Crippen LogP contribution in [0.15, 0.2) is 11.0 Å². The molecular weight excluding hydrogens is 364 g/mol. The van der Waals surface area contributed by atoms with Crippen LogP contribution in [0.2, 0.25) is 0 Å². The number of rotatable bonds is 4. The van der Waals surface area contributed by atoms with E-state index in [1.165, 1.54) is 11.8 Å². The molecule has 0 aromatic carbocycles. The first-order valence-corrected chi connectivity index (χ1v) is 10.8. The molecule has 7 nitrogen and oxygen atoms in total. The molecule has 0 spiro atoms. The Balaban J connectivity index is 1.79. The topological polar surface area (TPSA) is 76.7 Å². The molecule has 0 unspecified atom stereocenters. The van der Waals surface area contributed by atoms with E-state index in [0.717, 1.165) is 24.2 Å². The third-order valence-electron chi connectivity index (χ3n) is 5.45. The van der Waals surface area contributed by atoms with Crippen molar-refractivity contribution in [2.75, 3.05) is 44.7 Å². The van der Waals surface area contributed by atoms with Gasteiger partial charge in [-0.25, -0.2) is 0 Å². The van der Waals surface area contributed by atoms with E-state index in [0.29, 0.717) is 44.4 Å². The zero-order valence-corrected chi connectivity index (χ0v) is 17.1. The van der Waals surface area contributed by atoms with Crippen molar-refractivity contribution in [3.8, 4) is 0 Å². The number of carbonyl (C=O) groups excluding carboxylic acids is 2. The number of nitrogens with one attached hydrogen (secondary N) is 1. The van der Waals surface area contributed by atoms with Crippen molar-refractivity contribution in [2.24, 2.45) is 0 Å². The van der Waals surface area contributed by atoms with Crippen LogP contribution in [0, 0.1) is 0 Å². The summed E-state index contributed by atoms with van der Waals surface area (Å²) in [6.45, 7) is 8.24. The first kappa shape index (κ1) is 19.9. The number of H-pyrrole nitrogens is 1. The summed E-state index contributed by atoms with van der Waals surface area (Å²) >= 11 is 1.50. The van der Waals surface area contributed by atoms with Crippen molar-refractivity contribution in [3.05, 3.63) is 33.2 Å². The predicted octanol–water partition coefficient (Wildman–Crippen LogP) is 0.789. The third kappa shape index (κ3) is 4.21. The van der Waals surface area contributed by atoms with Crippen molar-refractivity contribution in [3.63, 3.8) is 0 Å². The van der Waals surface area contributed by atoms with Crippen molar-refractivity contribution < 1.29 is 9.59 Å². The molecule has 27 heavy (non-hydrogen) atoms. The fourth-order valence-electron chi connectivity index (χ4n) is 3.82. The summed E-state index contributed by atoms with van der Waals surface area (Å²) < 4.78 is 0. The Morgan fingerprint density at radius 3 is 2.48 bits per heavy atom. The second-order valence-electron chi connectivity index (χ2n) is 7.42. The number of aromatic amines is 1. The lowest BCUT2D eigenvalue weighted by Crippen LogP contribution is -2.51. The fourth-order valence-corrected chi connectivity index (χ4v) is 4.25. The second kappa shape index (κ2) is 8.48. The zero-order valence-electron chi connectivity index (χ0n) is 16.3. The van der Waals surface area contributed by atoms with E-state index in [2.05, 4.69) is 23.7 Å². The number of pyridine rings is 1. The van der Waals surface area contributed by atoms with Crippen molar-refractivity contribution in [2.45, 2.75) is 32.9 Å². The Labute approximate surface area is 164 Å². The van der Waals surface area contributed by atoms with E-state index in [-0.39, 0.29) is 22.9 Å². The van der Waals surface area contributed by atoms with E-state index >= 15 is 0 Å². The molecule has 0 atom stereocenters. The fraction of sp³-hybridized carbons (Fsp3) is 0.632. The predicted molar refractivity (Wildman–Crippen MR) is 107 cm³/mol. The minimum Gasteiger partial charge on any atom is -0.337 e. The van der Waals surface area contributed by atoms with Crippen LogP contribution in [0.4, 0.5) is 0 Å². The van der Waals surface area contributed by atoms with Gasteiger partial charge in [-0.15, -0.1) is 0 Å². The molecule has 3 heterocycles. The third-order valence-corrected chi connectivity index (χ3v) is 5.99. The van der Waals surface area contributed by atoms with E-state index in [9.17, 15) is 14.4 Å². The number of aromatic nitrogens is 1. The number of fused-ring (bicyclic) bond motifs is 1. The minimum absolute atomic E-state index is 0.0945. The molecule has 8 heteroatoms. The van der Waals surface area contributed by atoms with E-state index in [1.54, 1.807) is 16.0 Å². The molecule has 1 aromatic rings. The van der Waals surface area contributed by atoms with Gasteiger partial charge in [0.1, 0.15) is 5.56 Å². The summed E-state index contributed by atoms with van der Waals surface area (Å²) in [6, 6.07) is 0.458. The summed E-state index contributed by atoms with van der Waals surface area (Å²) in [4.78, 5) is 46.4. The summed E-state index contributed by atoms with van der Waals surface area (Å²) in [5.41, 5.74) is 1.62. The zero-order chi connectivity index (χ0) is 19.6. The van der Waals surface area contributed by atoms with Crippen LogP contribution in [-0.2, 0) is 17.8 Å². The van der Waals surface area contributed by atoms with Gasteiger partial charge in [-0.2, -0.15) is 11.8 Å². The quantitative estimate of drug-likeness (QED) is 0.820. The lowest BCUT2D eigenvalue weighted by molar-refractivity contribution is -0.129. The molecule has 3 rings (SSSR count). The smallest absolute Gasteiger partial charge is 0.261 e. The molecule has 1 saturated heterocycles. The number of hydrogen-bond donors (Lipinski definition) is 1. The molecule has 0 radical (unpaired) electrons. The average Bonchev–Trinajstić information content (AvgIpc) is 2.67. The summed E-state index contributed by atoms with van der Waals surface area (Å²) in [5.74, 6) is 0.363. The molecule has 2 amide bonds. The van der Waals surface area contributed by atoms with Crippen LogP contribution in [0.25, 0.3) is 0 Å². The Hall–Kier alpha value is -1.80. The number of carbonyl (C=O) groups is 2. The number of thioether (sulfide) groups is 1. The molecule has 2 aliphatic rings. The number of hydrogen-bond acceptors (Lipinski definition) is 5. The van der Waals surface area contributed by atoms with Gasteiger partial charge < -0.3 is 14.8 Å². The Kier molecular flexibility index (Phi) is 6.26. The van der Waals surface area contributed by atoms with Crippen LogP contribution < -0.4 is 5.56 Å². The molecule has 148 valence electrons. The van der Waals surface area contributed by atoms with Gasteiger partial charge >= 0.3 is 0 Å². The minimum atomic E-state index is -0.325. The van der Waals surface area contributed by atoms with Crippen LogP contribution in [0.3, 0.4) is 0 Å². The number of nitrogens with zero attached hydrogens (tertiary/aromatic N) is 3. The van der Waals surface area contributed by atoms with Gasteiger partial charge in [0.05, 0.1) is 5.75 Å². The first-order valence-electron chi connectivity index (χ1n) is 9.45. The van der Waals surface area contributed by atoms with Crippen molar-refractivity contribution in [1.82, 2.24) is 19.7 Å². The molecule has 2 aliphatic heterocycles. The highest BCUT2D eigenvalue weighted by molar-refractivity contribution is 7.99. The van der Waals surface area contributed by atoms with Gasteiger partial charge in [0.25, 0.3) is 11.5 Å². The molecule has 0 aliphatic carbocycles. The standard InChI is InChI=1S/C19H28N4O3S/c1-13(2)21-6-8-22(9-7-21)19(26)17-15-4-5-23(16(24)12-27-3)11-14(15)10-20-18(17)25/h10,13H,4-9,11-12H2,1-3H3,(H,20,25). The van der Waals surface area contributed by atoms with Gasteiger partial charge in [-0.1, -0.05) is 0 Å². The van der Waals surface area contributed by atoms with E-state index in [4.69, 9.17) is 0 Å². The van der Waals surface area contributed by atoms with Gasteiger partial charge in [0.15, 0.2) is 0 Å². The molecule has 0 saturated carbocycles. The van der Waals surface area contributed by atoms with E-state index < -0.39 is 0 Å². The van der Waals surface area contributed by atoms with Gasteiger partial charge in [-0.3, -0.25) is 19.3 Å². The van der Waals surface area contributed by atoms with Crippen molar-refractivity contribution >= 4 is 23.6 Å². The maximum Gasteiger partial charge on any atom is 0.261 e. The highest BCUT2D eigenvalue weighted by Gasteiger charge is 2.30. The first-order chi connectivity index (χ1) is 12.9. The number of amides is 2. The summed E-state index contributed by atoms with van der Waals surface area (Å²) in [5, 5.41) is 0. The molecular formula is C19H28N4O3S. The monoisotopic (exact) mass is 392 g/mol. The van der Waals surface area contributed by atoms with Crippen LogP contribution in [0.5, 0.6) is 0 Å². The second-order valence-corrected chi connectivity index (χ2v) is 8.28. The van der Waals surface area contributed by atoms with Crippen molar-refractivity contribution in [1.29, 1.82) is 0 Å². The lowest BCUT2D eigenvalue weighted by atomic mass is 9.96. The highest BCUT2D eigenvalue weighted by Crippen LogP contribution is 2.22. The normalized spacial score (nSPS) is 17.9. The largest absolute Gasteiger partial charge is 0.337 e. The Morgan fingerprint density at radius 2 is 1.85 bits per heavy atom. The lowest BCUT2D eigenvalue weighted by Gasteiger charge is -2.37.